The summed E-state index contributed by atoms with van der Waals surface area (Å²) in [5.74, 6) is 0.666. The first-order valence-corrected chi connectivity index (χ1v) is 14.9. The molecule has 196 valence electrons. The van der Waals surface area contributed by atoms with Crippen LogP contribution >= 0.6 is 23.1 Å². The van der Waals surface area contributed by atoms with E-state index in [4.69, 9.17) is 5.10 Å². The van der Waals surface area contributed by atoms with E-state index < -0.39 is 0 Å². The van der Waals surface area contributed by atoms with Crippen molar-refractivity contribution in [2.75, 3.05) is 17.2 Å². The molecule has 0 radical (unpaired) electrons. The fourth-order valence-electron chi connectivity index (χ4n) is 4.79. The quantitative estimate of drug-likeness (QED) is 0.296. The van der Waals surface area contributed by atoms with Crippen molar-refractivity contribution in [1.82, 2.24) is 15.1 Å². The second kappa shape index (κ2) is 11.2. The summed E-state index contributed by atoms with van der Waals surface area (Å²) in [4.78, 5) is 28.5. The molecule has 6 nitrogen and oxygen atoms in total. The van der Waals surface area contributed by atoms with Gasteiger partial charge in [-0.05, 0) is 61.2 Å². The number of amides is 2. The number of aromatic nitrogens is 2. The van der Waals surface area contributed by atoms with Gasteiger partial charge in [0.25, 0.3) is 0 Å². The molecule has 0 unspecified atom stereocenters. The first-order chi connectivity index (χ1) is 18.4. The highest BCUT2D eigenvalue weighted by atomic mass is 32.2. The van der Waals surface area contributed by atoms with Gasteiger partial charge in [0.05, 0.1) is 22.4 Å². The molecule has 3 heterocycles. The highest BCUT2D eigenvalue weighted by molar-refractivity contribution is 8.00. The Hall–Kier alpha value is -3.36. The van der Waals surface area contributed by atoms with Crippen LogP contribution in [0.2, 0.25) is 0 Å². The maximum atomic E-state index is 13.7. The minimum Gasteiger partial charge on any atom is -0.352 e. The smallest absolute Gasteiger partial charge is 0.240 e. The first-order valence-electron chi connectivity index (χ1n) is 12.9. The molecule has 2 aromatic heterocycles. The third-order valence-corrected chi connectivity index (χ3v) is 8.84. The number of thioether (sulfide) groups is 1. The standard InChI is InChI=1S/C30H32N4O2S2/c1-5-21(4)31-25(35)16-33-26(36)18-38-29(23-13-14-37-17-23)27-28(22-9-7-6-8-10-22)32-34(30(27)33)24-12-11-19(2)15-20(24)3/h6-15,17,21,29H,5,16,18H2,1-4H3,(H,31,35)/t21-,29-/m1/s1. The van der Waals surface area contributed by atoms with Gasteiger partial charge < -0.3 is 5.32 Å². The van der Waals surface area contributed by atoms with Crippen LogP contribution in [0.5, 0.6) is 0 Å². The molecule has 2 amide bonds. The Morgan fingerprint density at radius 2 is 1.95 bits per heavy atom. The van der Waals surface area contributed by atoms with Gasteiger partial charge >= 0.3 is 0 Å². The van der Waals surface area contributed by atoms with Crippen molar-refractivity contribution in [3.8, 4) is 16.9 Å². The van der Waals surface area contributed by atoms with E-state index in [0.717, 1.165) is 45.6 Å². The van der Waals surface area contributed by atoms with Gasteiger partial charge in [-0.25, -0.2) is 4.68 Å². The van der Waals surface area contributed by atoms with E-state index in [0.29, 0.717) is 5.82 Å². The molecule has 8 heteroatoms. The number of hydrogen-bond acceptors (Lipinski definition) is 5. The van der Waals surface area contributed by atoms with Crippen LogP contribution in [0, 0.1) is 13.8 Å². The second-order valence-electron chi connectivity index (χ2n) is 9.76. The summed E-state index contributed by atoms with van der Waals surface area (Å²) in [7, 11) is 0. The maximum absolute atomic E-state index is 13.7. The molecule has 5 rings (SSSR count). The zero-order valence-electron chi connectivity index (χ0n) is 22.1. The number of benzene rings is 2. The molecule has 0 saturated carbocycles. The normalized spacial score (nSPS) is 16.2. The molecule has 0 bridgehead atoms. The molecular formula is C30H32N4O2S2. The third-order valence-electron chi connectivity index (χ3n) is 6.88. The lowest BCUT2D eigenvalue weighted by molar-refractivity contribution is -0.123. The van der Waals surface area contributed by atoms with Crippen molar-refractivity contribution < 1.29 is 9.59 Å². The Balaban J connectivity index is 1.78. The number of nitrogens with one attached hydrogen (secondary N) is 1. The van der Waals surface area contributed by atoms with Gasteiger partial charge in [0.1, 0.15) is 12.4 Å². The van der Waals surface area contributed by atoms with Gasteiger partial charge in [0.15, 0.2) is 0 Å². The predicted molar refractivity (Wildman–Crippen MR) is 157 cm³/mol. The van der Waals surface area contributed by atoms with Crippen LogP contribution in [0.1, 0.15) is 47.8 Å². The van der Waals surface area contributed by atoms with Crippen LogP contribution in [0.4, 0.5) is 5.82 Å². The lowest BCUT2D eigenvalue weighted by atomic mass is 10.0. The van der Waals surface area contributed by atoms with Gasteiger partial charge in [-0.2, -0.15) is 16.4 Å². The van der Waals surface area contributed by atoms with E-state index in [1.54, 1.807) is 28.0 Å². The number of anilines is 1. The number of carbonyl (C=O) groups is 2. The lowest BCUT2D eigenvalue weighted by Gasteiger charge is -2.24. The third kappa shape index (κ3) is 5.15. The zero-order valence-corrected chi connectivity index (χ0v) is 23.7. The molecule has 0 spiro atoms. The number of rotatable bonds is 7. The summed E-state index contributed by atoms with van der Waals surface area (Å²) in [6.07, 6.45) is 0.819. The van der Waals surface area contributed by atoms with Gasteiger partial charge in [-0.1, -0.05) is 55.0 Å². The fourth-order valence-corrected chi connectivity index (χ4v) is 6.75. The van der Waals surface area contributed by atoms with Gasteiger partial charge in [-0.15, -0.1) is 11.8 Å². The van der Waals surface area contributed by atoms with E-state index in [1.165, 1.54) is 0 Å². The fraction of sp³-hybridized carbons (Fsp3) is 0.300. The van der Waals surface area contributed by atoms with Crippen molar-refractivity contribution in [3.63, 3.8) is 0 Å². The molecule has 1 aliphatic rings. The predicted octanol–water partition coefficient (Wildman–Crippen LogP) is 6.30. The average molecular weight is 545 g/mol. The molecule has 0 fully saturated rings. The molecule has 38 heavy (non-hydrogen) atoms. The number of nitrogens with zero attached hydrogens (tertiary/aromatic N) is 3. The number of hydrogen-bond donors (Lipinski definition) is 1. The van der Waals surface area contributed by atoms with Crippen LogP contribution in [0.25, 0.3) is 16.9 Å². The first kappa shape index (κ1) is 26.3. The minimum absolute atomic E-state index is 0.0288. The number of fused-ring (bicyclic) bond motifs is 1. The van der Waals surface area contributed by atoms with Gasteiger partial charge in [0.2, 0.25) is 11.8 Å². The Morgan fingerprint density at radius 1 is 1.16 bits per heavy atom. The largest absolute Gasteiger partial charge is 0.352 e. The van der Waals surface area contributed by atoms with E-state index in [2.05, 4.69) is 60.3 Å². The average Bonchev–Trinajstić information content (AvgIpc) is 3.54. The van der Waals surface area contributed by atoms with Crippen molar-refractivity contribution in [1.29, 1.82) is 0 Å². The van der Waals surface area contributed by atoms with E-state index in [1.807, 2.05) is 42.8 Å². The summed E-state index contributed by atoms with van der Waals surface area (Å²) < 4.78 is 1.88. The van der Waals surface area contributed by atoms with Crippen LogP contribution < -0.4 is 10.2 Å². The molecule has 4 aromatic rings. The Bertz CT molecular complexity index is 1450. The van der Waals surface area contributed by atoms with E-state index >= 15 is 0 Å². The summed E-state index contributed by atoms with van der Waals surface area (Å²) in [5.41, 5.74) is 7.00. The lowest BCUT2D eigenvalue weighted by Crippen LogP contribution is -2.44. The molecule has 1 N–H and O–H groups in total. The molecule has 2 aromatic carbocycles. The molecular weight excluding hydrogens is 512 g/mol. The summed E-state index contributed by atoms with van der Waals surface area (Å²) in [6.45, 7) is 8.07. The molecule has 2 atom stereocenters. The molecule has 1 aliphatic heterocycles. The highest BCUT2D eigenvalue weighted by Crippen LogP contribution is 2.49. The van der Waals surface area contributed by atoms with Crippen LogP contribution in [-0.4, -0.2) is 39.9 Å². The van der Waals surface area contributed by atoms with Gasteiger partial charge in [-0.3, -0.25) is 14.5 Å². The van der Waals surface area contributed by atoms with Crippen molar-refractivity contribution in [2.45, 2.75) is 45.4 Å². The number of aryl methyl sites for hydroxylation is 2. The van der Waals surface area contributed by atoms with Gasteiger partial charge in [0, 0.05) is 17.2 Å². The Morgan fingerprint density at radius 3 is 2.63 bits per heavy atom. The SMILES string of the molecule is CC[C@@H](C)NC(=O)CN1C(=O)CS[C@H](c2ccsc2)c2c(-c3ccccc3)nn(-c3ccc(C)cc3C)c21. The monoisotopic (exact) mass is 544 g/mol. The topological polar surface area (TPSA) is 67.2 Å². The van der Waals surface area contributed by atoms with E-state index in [9.17, 15) is 9.59 Å². The molecule has 0 aliphatic carbocycles. The maximum Gasteiger partial charge on any atom is 0.240 e. The minimum atomic E-state index is -0.174. The van der Waals surface area contributed by atoms with Crippen molar-refractivity contribution >= 4 is 40.7 Å². The Labute approximate surface area is 232 Å². The van der Waals surface area contributed by atoms with Crippen LogP contribution in [-0.2, 0) is 9.59 Å². The number of carbonyl (C=O) groups excluding carboxylic acids is 2. The molecule has 0 saturated heterocycles. The van der Waals surface area contributed by atoms with Crippen molar-refractivity contribution in [2.24, 2.45) is 0 Å². The Kier molecular flexibility index (Phi) is 7.72. The van der Waals surface area contributed by atoms with Crippen LogP contribution in [0.3, 0.4) is 0 Å². The summed E-state index contributed by atoms with van der Waals surface area (Å²) in [6, 6.07) is 18.5. The van der Waals surface area contributed by atoms with E-state index in [-0.39, 0.29) is 35.4 Å². The summed E-state index contributed by atoms with van der Waals surface area (Å²) >= 11 is 3.24. The van der Waals surface area contributed by atoms with Crippen molar-refractivity contribution in [3.05, 3.63) is 87.6 Å². The number of thiophene rings is 1. The second-order valence-corrected chi connectivity index (χ2v) is 11.6. The van der Waals surface area contributed by atoms with Crippen LogP contribution in [0.15, 0.2) is 65.4 Å². The summed E-state index contributed by atoms with van der Waals surface area (Å²) in [5, 5.41) is 12.3. The highest BCUT2D eigenvalue weighted by Gasteiger charge is 2.38. The zero-order chi connectivity index (χ0) is 26.8.